The van der Waals surface area contributed by atoms with E-state index in [9.17, 15) is 0 Å². The molecule has 0 saturated heterocycles. The van der Waals surface area contributed by atoms with Gasteiger partial charge in [0.15, 0.2) is 5.65 Å². The van der Waals surface area contributed by atoms with Gasteiger partial charge in [-0.15, -0.1) is 0 Å². The third-order valence-electron chi connectivity index (χ3n) is 6.02. The Morgan fingerprint density at radius 3 is 2.79 bits per heavy atom. The molecule has 1 aromatic carbocycles. The minimum absolute atomic E-state index is 0.137. The van der Waals surface area contributed by atoms with E-state index in [2.05, 4.69) is 66.4 Å². The molecular formula is C23H25N5. The molecule has 1 aliphatic rings. The standard InChI is InChI=1S/C23H25N5/c1-15(16-7-5-4-6-8-16)28-22-18(14-25-28)11-17(13-24-22)21-19-9-10-23(2,3)12-20(19)26-27-21/h4-8,11,13-15H,9-10,12H2,1-3H3,(H,26,27). The first-order valence-electron chi connectivity index (χ1n) is 9.96. The molecule has 142 valence electrons. The van der Waals surface area contributed by atoms with E-state index < -0.39 is 0 Å². The lowest BCUT2D eigenvalue weighted by Gasteiger charge is -2.29. The van der Waals surface area contributed by atoms with Crippen LogP contribution < -0.4 is 0 Å². The van der Waals surface area contributed by atoms with Gasteiger partial charge < -0.3 is 0 Å². The van der Waals surface area contributed by atoms with Crippen LogP contribution >= 0.6 is 0 Å². The van der Waals surface area contributed by atoms with Crippen molar-refractivity contribution in [2.24, 2.45) is 5.41 Å². The monoisotopic (exact) mass is 371 g/mol. The van der Waals surface area contributed by atoms with Gasteiger partial charge in [0.05, 0.1) is 17.9 Å². The van der Waals surface area contributed by atoms with Crippen molar-refractivity contribution in [1.82, 2.24) is 25.0 Å². The maximum atomic E-state index is 4.77. The highest BCUT2D eigenvalue weighted by Gasteiger charge is 2.29. The quantitative estimate of drug-likeness (QED) is 0.554. The maximum Gasteiger partial charge on any atom is 0.158 e. The van der Waals surface area contributed by atoms with Crippen LogP contribution in [0.1, 0.15) is 50.1 Å². The number of pyridine rings is 1. The molecule has 5 rings (SSSR count). The third-order valence-corrected chi connectivity index (χ3v) is 6.02. The third kappa shape index (κ3) is 2.82. The summed E-state index contributed by atoms with van der Waals surface area (Å²) in [6.45, 7) is 6.81. The van der Waals surface area contributed by atoms with E-state index in [-0.39, 0.29) is 6.04 Å². The molecule has 0 bridgehead atoms. The van der Waals surface area contributed by atoms with E-state index in [0.29, 0.717) is 5.41 Å². The van der Waals surface area contributed by atoms with Gasteiger partial charge in [-0.1, -0.05) is 44.2 Å². The smallest absolute Gasteiger partial charge is 0.158 e. The molecule has 1 atom stereocenters. The van der Waals surface area contributed by atoms with Crippen LogP contribution in [0, 0.1) is 5.41 Å². The molecule has 0 radical (unpaired) electrons. The van der Waals surface area contributed by atoms with Crippen molar-refractivity contribution in [3.8, 4) is 11.3 Å². The Hall–Kier alpha value is -2.95. The first-order valence-corrected chi connectivity index (χ1v) is 9.96. The highest BCUT2D eigenvalue weighted by molar-refractivity contribution is 5.81. The van der Waals surface area contributed by atoms with Gasteiger partial charge >= 0.3 is 0 Å². The number of nitrogens with one attached hydrogen (secondary N) is 1. The summed E-state index contributed by atoms with van der Waals surface area (Å²) in [5.41, 5.74) is 7.21. The Balaban J connectivity index is 1.52. The zero-order valence-electron chi connectivity index (χ0n) is 16.6. The Bertz CT molecular complexity index is 1140. The number of hydrogen-bond donors (Lipinski definition) is 1. The van der Waals surface area contributed by atoms with E-state index in [1.54, 1.807) is 0 Å². The first-order chi connectivity index (χ1) is 13.5. The Kier molecular flexibility index (Phi) is 3.86. The molecule has 5 heteroatoms. The number of aromatic amines is 1. The van der Waals surface area contributed by atoms with Crippen molar-refractivity contribution in [3.63, 3.8) is 0 Å². The molecule has 3 aromatic heterocycles. The first kappa shape index (κ1) is 17.2. The average molecular weight is 371 g/mol. The number of hydrogen-bond acceptors (Lipinski definition) is 3. The number of fused-ring (bicyclic) bond motifs is 2. The van der Waals surface area contributed by atoms with Gasteiger partial charge in [0.25, 0.3) is 0 Å². The fourth-order valence-electron chi connectivity index (χ4n) is 4.31. The summed E-state index contributed by atoms with van der Waals surface area (Å²) in [5, 5.41) is 13.6. The molecule has 1 N–H and O–H groups in total. The molecule has 4 aromatic rings. The number of aromatic nitrogens is 5. The predicted molar refractivity (Wildman–Crippen MR) is 111 cm³/mol. The lowest BCUT2D eigenvalue weighted by Crippen LogP contribution is -2.21. The molecule has 0 spiro atoms. The second kappa shape index (κ2) is 6.30. The Morgan fingerprint density at radius 1 is 1.14 bits per heavy atom. The highest BCUT2D eigenvalue weighted by Crippen LogP contribution is 2.38. The minimum atomic E-state index is 0.137. The van der Waals surface area contributed by atoms with Crippen LogP contribution in [0.25, 0.3) is 22.3 Å². The number of nitrogens with zero attached hydrogens (tertiary/aromatic N) is 4. The van der Waals surface area contributed by atoms with Crippen molar-refractivity contribution in [2.75, 3.05) is 0 Å². The van der Waals surface area contributed by atoms with Gasteiger partial charge in [-0.2, -0.15) is 10.2 Å². The van der Waals surface area contributed by atoms with Crippen LogP contribution in [-0.2, 0) is 12.8 Å². The van der Waals surface area contributed by atoms with Gasteiger partial charge in [0.2, 0.25) is 0 Å². The predicted octanol–water partition coefficient (Wildman–Crippen LogP) is 4.95. The van der Waals surface area contributed by atoms with Gasteiger partial charge in [-0.05, 0) is 43.2 Å². The number of benzene rings is 1. The summed E-state index contributed by atoms with van der Waals surface area (Å²) in [6, 6.07) is 12.7. The highest BCUT2D eigenvalue weighted by atomic mass is 15.3. The lowest BCUT2D eigenvalue weighted by atomic mass is 9.76. The second-order valence-corrected chi connectivity index (χ2v) is 8.68. The summed E-state index contributed by atoms with van der Waals surface area (Å²) in [4.78, 5) is 4.77. The van der Waals surface area contributed by atoms with Gasteiger partial charge in [-0.3, -0.25) is 5.10 Å². The molecule has 1 aliphatic carbocycles. The minimum Gasteiger partial charge on any atom is -0.282 e. The van der Waals surface area contributed by atoms with Crippen molar-refractivity contribution >= 4 is 11.0 Å². The van der Waals surface area contributed by atoms with E-state index >= 15 is 0 Å². The number of H-pyrrole nitrogens is 1. The second-order valence-electron chi connectivity index (χ2n) is 8.68. The van der Waals surface area contributed by atoms with E-state index in [1.165, 1.54) is 23.2 Å². The Labute approximate surface area is 164 Å². The van der Waals surface area contributed by atoms with Gasteiger partial charge in [0, 0.05) is 28.4 Å². The van der Waals surface area contributed by atoms with E-state index in [0.717, 1.165) is 35.1 Å². The summed E-state index contributed by atoms with van der Waals surface area (Å²) in [6.07, 6.45) is 7.16. The van der Waals surface area contributed by atoms with Crippen LogP contribution in [0.3, 0.4) is 0 Å². The molecule has 0 saturated carbocycles. The molecule has 28 heavy (non-hydrogen) atoms. The Morgan fingerprint density at radius 2 is 1.96 bits per heavy atom. The van der Waals surface area contributed by atoms with Crippen LogP contribution in [-0.4, -0.2) is 25.0 Å². The van der Waals surface area contributed by atoms with Crippen molar-refractivity contribution in [2.45, 2.75) is 46.1 Å². The normalized spacial score (nSPS) is 16.8. The van der Waals surface area contributed by atoms with Crippen molar-refractivity contribution in [1.29, 1.82) is 0 Å². The van der Waals surface area contributed by atoms with Crippen LogP contribution in [0.2, 0.25) is 0 Å². The SMILES string of the molecule is CC(c1ccccc1)n1ncc2cc(-c3n[nH]c4c3CCC(C)(C)C4)cnc21. The molecular weight excluding hydrogens is 346 g/mol. The topological polar surface area (TPSA) is 59.4 Å². The zero-order chi connectivity index (χ0) is 19.3. The van der Waals surface area contributed by atoms with E-state index in [1.807, 2.05) is 23.1 Å². The summed E-state index contributed by atoms with van der Waals surface area (Å²) >= 11 is 0. The maximum absolute atomic E-state index is 4.77. The van der Waals surface area contributed by atoms with E-state index in [4.69, 9.17) is 4.98 Å². The van der Waals surface area contributed by atoms with Gasteiger partial charge in [-0.25, -0.2) is 9.67 Å². The van der Waals surface area contributed by atoms with Crippen LogP contribution in [0.4, 0.5) is 0 Å². The summed E-state index contributed by atoms with van der Waals surface area (Å²) in [7, 11) is 0. The van der Waals surface area contributed by atoms with Crippen LogP contribution in [0.5, 0.6) is 0 Å². The molecule has 0 aliphatic heterocycles. The molecule has 5 nitrogen and oxygen atoms in total. The fraction of sp³-hybridized carbons (Fsp3) is 0.348. The molecule has 0 amide bonds. The molecule has 0 fully saturated rings. The molecule has 3 heterocycles. The fourth-order valence-corrected chi connectivity index (χ4v) is 4.31. The summed E-state index contributed by atoms with van der Waals surface area (Å²) < 4.78 is 2.00. The zero-order valence-corrected chi connectivity index (χ0v) is 16.6. The largest absolute Gasteiger partial charge is 0.282 e. The summed E-state index contributed by atoms with van der Waals surface area (Å²) in [5.74, 6) is 0. The number of rotatable bonds is 3. The van der Waals surface area contributed by atoms with Crippen molar-refractivity contribution < 1.29 is 0 Å². The lowest BCUT2D eigenvalue weighted by molar-refractivity contribution is 0.312. The average Bonchev–Trinajstić information content (AvgIpc) is 3.30. The van der Waals surface area contributed by atoms with Gasteiger partial charge in [0.1, 0.15) is 0 Å². The van der Waals surface area contributed by atoms with Crippen LogP contribution in [0.15, 0.2) is 48.8 Å². The molecule has 1 unspecified atom stereocenters. The van der Waals surface area contributed by atoms with Crippen molar-refractivity contribution in [3.05, 3.63) is 65.6 Å².